The van der Waals surface area contributed by atoms with Gasteiger partial charge < -0.3 is 8.99 Å². The predicted octanol–water partition coefficient (Wildman–Crippen LogP) is 6.80. The second kappa shape index (κ2) is 9.10. The summed E-state index contributed by atoms with van der Waals surface area (Å²) >= 11 is 2.04. The van der Waals surface area contributed by atoms with Gasteiger partial charge in [-0.15, -0.1) is 10.2 Å². The average Bonchev–Trinajstić information content (AvgIpc) is 3.57. The Balaban J connectivity index is 1.37. The SMILES string of the molecule is Cc1ncccc1-c1ccc(C2(c3nnc4n3CCSC(C)(CO[Si](C)(C)C(C)(C)C)C4)CC2)cc1. The summed E-state index contributed by atoms with van der Waals surface area (Å²) in [5.74, 6) is 3.33. The molecule has 5 rings (SSSR count). The van der Waals surface area contributed by atoms with Gasteiger partial charge in [-0.25, -0.2) is 0 Å². The van der Waals surface area contributed by atoms with Gasteiger partial charge in [-0.05, 0) is 62.0 Å². The number of aromatic nitrogens is 4. The number of benzene rings is 1. The first-order chi connectivity index (χ1) is 16.9. The van der Waals surface area contributed by atoms with Crippen molar-refractivity contribution in [1.29, 1.82) is 0 Å². The van der Waals surface area contributed by atoms with Crippen LogP contribution in [0.5, 0.6) is 0 Å². The first-order valence-corrected chi connectivity index (χ1v) is 17.1. The Labute approximate surface area is 221 Å². The lowest BCUT2D eigenvalue weighted by atomic mass is 9.92. The van der Waals surface area contributed by atoms with E-state index in [2.05, 4.69) is 87.6 Å². The second-order valence-corrected chi connectivity index (χ2v) is 18.9. The smallest absolute Gasteiger partial charge is 0.192 e. The molecule has 0 bridgehead atoms. The molecule has 3 aromatic rings. The largest absolute Gasteiger partial charge is 0.415 e. The highest BCUT2D eigenvalue weighted by Crippen LogP contribution is 2.53. The minimum absolute atomic E-state index is 0.00316. The molecule has 0 N–H and O–H groups in total. The highest BCUT2D eigenvalue weighted by molar-refractivity contribution is 8.00. The lowest BCUT2D eigenvalue weighted by molar-refractivity contribution is 0.252. The Hall–Kier alpha value is -1.96. The summed E-state index contributed by atoms with van der Waals surface area (Å²) in [6.07, 6.45) is 5.02. The van der Waals surface area contributed by atoms with Crippen LogP contribution in [0, 0.1) is 6.92 Å². The highest BCUT2D eigenvalue weighted by atomic mass is 32.2. The third-order valence-electron chi connectivity index (χ3n) is 8.60. The predicted molar refractivity (Wildman–Crippen MR) is 152 cm³/mol. The van der Waals surface area contributed by atoms with Gasteiger partial charge in [0.05, 0.1) is 5.41 Å². The quantitative estimate of drug-likeness (QED) is 0.335. The molecular formula is C29H40N4OSSi. The number of hydrogen-bond donors (Lipinski definition) is 0. The van der Waals surface area contributed by atoms with Crippen molar-refractivity contribution in [2.24, 2.45) is 0 Å². The Morgan fingerprint density at radius 1 is 1.08 bits per heavy atom. The van der Waals surface area contributed by atoms with Crippen molar-refractivity contribution in [1.82, 2.24) is 19.7 Å². The van der Waals surface area contributed by atoms with Gasteiger partial charge >= 0.3 is 0 Å². The van der Waals surface area contributed by atoms with E-state index in [9.17, 15) is 0 Å². The highest BCUT2D eigenvalue weighted by Gasteiger charge is 2.51. The monoisotopic (exact) mass is 520 g/mol. The Morgan fingerprint density at radius 2 is 1.81 bits per heavy atom. The molecule has 1 saturated carbocycles. The van der Waals surface area contributed by atoms with Crippen LogP contribution in [0.1, 0.15) is 63.4 Å². The maximum atomic E-state index is 6.67. The van der Waals surface area contributed by atoms with Crippen molar-refractivity contribution < 1.29 is 4.43 Å². The average molecular weight is 521 g/mol. The van der Waals surface area contributed by atoms with Crippen LogP contribution in [0.25, 0.3) is 11.1 Å². The van der Waals surface area contributed by atoms with Crippen LogP contribution < -0.4 is 0 Å². The maximum Gasteiger partial charge on any atom is 0.192 e. The molecule has 7 heteroatoms. The lowest BCUT2D eigenvalue weighted by Gasteiger charge is -2.39. The zero-order chi connectivity index (χ0) is 25.8. The van der Waals surface area contributed by atoms with E-state index in [1.165, 1.54) is 16.7 Å². The van der Waals surface area contributed by atoms with E-state index in [1.807, 2.05) is 24.0 Å². The molecule has 2 aromatic heterocycles. The van der Waals surface area contributed by atoms with Crippen molar-refractivity contribution in [3.8, 4) is 11.1 Å². The van der Waals surface area contributed by atoms with E-state index in [1.54, 1.807) is 0 Å². The lowest BCUT2D eigenvalue weighted by Crippen LogP contribution is -2.45. The summed E-state index contributed by atoms with van der Waals surface area (Å²) in [6, 6.07) is 13.2. The molecule has 3 heterocycles. The first kappa shape index (κ1) is 25.7. The molecule has 2 aliphatic rings. The van der Waals surface area contributed by atoms with Crippen LogP contribution in [0.15, 0.2) is 42.6 Å². The standard InChI is InChI=1S/C29H40N4OSSi/c1-21-24(9-8-16-30-21)22-10-12-23(13-11-22)29(14-15-29)26-32-31-25-19-28(5,35-18-17-33(25)26)20-34-36(6,7)27(2,3)4/h8-13,16H,14-15,17-20H2,1-7H3. The van der Waals surface area contributed by atoms with E-state index < -0.39 is 8.32 Å². The van der Waals surface area contributed by atoms with Crippen LogP contribution >= 0.6 is 11.8 Å². The molecule has 1 fully saturated rings. The number of aryl methyl sites for hydroxylation is 1. The third-order valence-corrected chi connectivity index (χ3v) is 14.4. The molecule has 192 valence electrons. The fraction of sp³-hybridized carbons (Fsp3) is 0.552. The molecule has 0 spiro atoms. The molecule has 0 radical (unpaired) electrons. The molecule has 1 atom stereocenters. The van der Waals surface area contributed by atoms with Crippen LogP contribution in [0.3, 0.4) is 0 Å². The molecule has 36 heavy (non-hydrogen) atoms. The number of fused-ring (bicyclic) bond motifs is 1. The number of hydrogen-bond acceptors (Lipinski definition) is 5. The van der Waals surface area contributed by atoms with Crippen LogP contribution in [-0.2, 0) is 22.8 Å². The summed E-state index contributed by atoms with van der Waals surface area (Å²) in [5, 5.41) is 9.80. The zero-order valence-corrected chi connectivity index (χ0v) is 24.7. The van der Waals surface area contributed by atoms with Crippen LogP contribution in [0.2, 0.25) is 18.1 Å². The summed E-state index contributed by atoms with van der Waals surface area (Å²) in [5.41, 5.74) is 4.82. The number of pyridine rings is 1. The van der Waals surface area contributed by atoms with E-state index in [0.717, 1.165) is 55.5 Å². The van der Waals surface area contributed by atoms with Crippen molar-refractivity contribution in [3.63, 3.8) is 0 Å². The fourth-order valence-electron chi connectivity index (χ4n) is 4.99. The van der Waals surface area contributed by atoms with E-state index >= 15 is 0 Å². The van der Waals surface area contributed by atoms with Gasteiger partial charge in [-0.1, -0.05) is 51.1 Å². The van der Waals surface area contributed by atoms with Crippen molar-refractivity contribution >= 4 is 20.1 Å². The van der Waals surface area contributed by atoms with Gasteiger partial charge in [0.2, 0.25) is 0 Å². The normalized spacial score (nSPS) is 21.6. The summed E-state index contributed by atoms with van der Waals surface area (Å²) in [4.78, 5) is 4.46. The maximum absolute atomic E-state index is 6.67. The summed E-state index contributed by atoms with van der Waals surface area (Å²) < 4.78 is 9.12. The number of rotatable bonds is 6. The summed E-state index contributed by atoms with van der Waals surface area (Å²) in [6.45, 7) is 17.8. The minimum Gasteiger partial charge on any atom is -0.415 e. The van der Waals surface area contributed by atoms with Gasteiger partial charge in [-0.3, -0.25) is 4.98 Å². The van der Waals surface area contributed by atoms with Gasteiger partial charge in [0.1, 0.15) is 11.6 Å². The molecule has 1 aliphatic carbocycles. The van der Waals surface area contributed by atoms with E-state index in [4.69, 9.17) is 14.6 Å². The molecule has 1 aliphatic heterocycles. The molecular weight excluding hydrogens is 480 g/mol. The fourth-order valence-corrected chi connectivity index (χ4v) is 7.35. The van der Waals surface area contributed by atoms with Crippen molar-refractivity contribution in [2.75, 3.05) is 12.4 Å². The molecule has 5 nitrogen and oxygen atoms in total. The van der Waals surface area contributed by atoms with Crippen molar-refractivity contribution in [2.45, 2.75) is 88.7 Å². The third kappa shape index (κ3) is 4.70. The Bertz CT molecular complexity index is 1240. The van der Waals surface area contributed by atoms with Crippen LogP contribution in [0.4, 0.5) is 0 Å². The van der Waals surface area contributed by atoms with E-state index in [-0.39, 0.29) is 15.2 Å². The Morgan fingerprint density at radius 3 is 2.44 bits per heavy atom. The van der Waals surface area contributed by atoms with Gasteiger partial charge in [-0.2, -0.15) is 11.8 Å². The molecule has 1 aromatic carbocycles. The minimum atomic E-state index is -1.80. The number of thioether (sulfide) groups is 1. The van der Waals surface area contributed by atoms with Crippen molar-refractivity contribution in [3.05, 3.63) is 65.5 Å². The number of nitrogens with zero attached hydrogens (tertiary/aromatic N) is 4. The van der Waals surface area contributed by atoms with Gasteiger partial charge in [0.25, 0.3) is 0 Å². The van der Waals surface area contributed by atoms with E-state index in [0.29, 0.717) is 0 Å². The van der Waals surface area contributed by atoms with Gasteiger partial charge in [0.15, 0.2) is 8.32 Å². The molecule has 1 unspecified atom stereocenters. The Kier molecular flexibility index (Phi) is 6.49. The van der Waals surface area contributed by atoms with Gasteiger partial charge in [0, 0.05) is 47.5 Å². The van der Waals surface area contributed by atoms with Crippen LogP contribution in [-0.4, -0.2) is 45.2 Å². The topological polar surface area (TPSA) is 52.8 Å². The summed E-state index contributed by atoms with van der Waals surface area (Å²) in [7, 11) is -1.80. The first-order valence-electron chi connectivity index (χ1n) is 13.2. The zero-order valence-electron chi connectivity index (χ0n) is 22.9. The second-order valence-electron chi connectivity index (χ2n) is 12.4. The molecule has 0 amide bonds. The molecule has 0 saturated heterocycles.